The Labute approximate surface area is 157 Å². The van der Waals surface area contributed by atoms with Crippen LogP contribution in [0.1, 0.15) is 33.7 Å². The van der Waals surface area contributed by atoms with Crippen molar-refractivity contribution in [2.75, 3.05) is 13.1 Å². The lowest BCUT2D eigenvalue weighted by molar-refractivity contribution is 0.0628. The van der Waals surface area contributed by atoms with Crippen molar-refractivity contribution in [3.8, 4) is 11.3 Å². The lowest BCUT2D eigenvalue weighted by atomic mass is 9.90. The molecule has 27 heavy (non-hydrogen) atoms. The van der Waals surface area contributed by atoms with Crippen molar-refractivity contribution in [1.29, 1.82) is 0 Å². The standard InChI is InChI=1S/C22H20N2O3/c25-21(17-10-5-2-6-11-17)18-12-7-13-24(15-18)22(26)19-14-20(27-23-19)16-8-3-1-4-9-16/h1-6,8-11,14,18H,7,12-13,15H2. The Bertz CT molecular complexity index is 934. The zero-order chi connectivity index (χ0) is 18.6. The first kappa shape index (κ1) is 17.2. The monoisotopic (exact) mass is 360 g/mol. The molecule has 2 aromatic carbocycles. The molecule has 136 valence electrons. The first-order valence-electron chi connectivity index (χ1n) is 9.13. The quantitative estimate of drug-likeness (QED) is 0.658. The van der Waals surface area contributed by atoms with Gasteiger partial charge < -0.3 is 9.42 Å². The largest absolute Gasteiger partial charge is 0.355 e. The Morgan fingerprint density at radius 1 is 1.00 bits per heavy atom. The summed E-state index contributed by atoms with van der Waals surface area (Å²) in [6, 6.07) is 20.5. The summed E-state index contributed by atoms with van der Waals surface area (Å²) in [5, 5.41) is 3.94. The third kappa shape index (κ3) is 3.67. The molecule has 1 atom stereocenters. The smallest absolute Gasteiger partial charge is 0.276 e. The van der Waals surface area contributed by atoms with Crippen molar-refractivity contribution in [2.24, 2.45) is 5.92 Å². The number of rotatable bonds is 4. The van der Waals surface area contributed by atoms with Crippen LogP contribution in [0.3, 0.4) is 0 Å². The van der Waals surface area contributed by atoms with Crippen molar-refractivity contribution in [2.45, 2.75) is 12.8 Å². The summed E-state index contributed by atoms with van der Waals surface area (Å²) in [6.07, 6.45) is 1.60. The minimum Gasteiger partial charge on any atom is -0.355 e. The van der Waals surface area contributed by atoms with Gasteiger partial charge in [-0.3, -0.25) is 9.59 Å². The molecule has 0 N–H and O–H groups in total. The number of hydrogen-bond acceptors (Lipinski definition) is 4. The van der Waals surface area contributed by atoms with E-state index in [1.165, 1.54) is 0 Å². The van der Waals surface area contributed by atoms with E-state index in [1.54, 1.807) is 11.0 Å². The lowest BCUT2D eigenvalue weighted by Crippen LogP contribution is -2.42. The normalized spacial score (nSPS) is 16.9. The van der Waals surface area contributed by atoms with E-state index in [0.717, 1.165) is 18.4 Å². The molecule has 3 aromatic rings. The molecule has 1 saturated heterocycles. The average molecular weight is 360 g/mol. The number of aromatic nitrogens is 1. The summed E-state index contributed by atoms with van der Waals surface area (Å²) >= 11 is 0. The number of piperidine rings is 1. The van der Waals surface area contributed by atoms with Crippen molar-refractivity contribution < 1.29 is 14.1 Å². The predicted molar refractivity (Wildman–Crippen MR) is 101 cm³/mol. The highest BCUT2D eigenvalue weighted by Gasteiger charge is 2.30. The number of hydrogen-bond donors (Lipinski definition) is 0. The summed E-state index contributed by atoms with van der Waals surface area (Å²) in [7, 11) is 0. The van der Waals surface area contributed by atoms with E-state index in [9.17, 15) is 9.59 Å². The molecule has 1 unspecified atom stereocenters. The minimum absolute atomic E-state index is 0.0956. The maximum Gasteiger partial charge on any atom is 0.276 e. The number of amides is 1. The van der Waals surface area contributed by atoms with Crippen LogP contribution in [-0.2, 0) is 0 Å². The lowest BCUT2D eigenvalue weighted by Gasteiger charge is -2.31. The van der Waals surface area contributed by atoms with Gasteiger partial charge in [-0.2, -0.15) is 0 Å². The van der Waals surface area contributed by atoms with Gasteiger partial charge >= 0.3 is 0 Å². The van der Waals surface area contributed by atoms with Crippen molar-refractivity contribution >= 4 is 11.7 Å². The van der Waals surface area contributed by atoms with Crippen molar-refractivity contribution in [3.05, 3.63) is 78.0 Å². The first-order chi connectivity index (χ1) is 13.2. The van der Waals surface area contributed by atoms with Crippen LogP contribution in [0.15, 0.2) is 71.3 Å². The summed E-state index contributed by atoms with van der Waals surface area (Å²) in [4.78, 5) is 27.3. The summed E-state index contributed by atoms with van der Waals surface area (Å²) in [5.41, 5.74) is 1.85. The number of carbonyl (C=O) groups is 2. The molecular formula is C22H20N2O3. The molecule has 5 nitrogen and oxygen atoms in total. The van der Waals surface area contributed by atoms with Crippen LogP contribution in [-0.4, -0.2) is 34.8 Å². The van der Waals surface area contributed by atoms with Gasteiger partial charge in [0.1, 0.15) is 0 Å². The van der Waals surface area contributed by atoms with Gasteiger partial charge in [-0.1, -0.05) is 65.8 Å². The van der Waals surface area contributed by atoms with E-state index >= 15 is 0 Å². The molecule has 4 rings (SSSR count). The van der Waals surface area contributed by atoms with E-state index in [4.69, 9.17) is 4.52 Å². The maximum absolute atomic E-state index is 12.8. The van der Waals surface area contributed by atoms with E-state index in [0.29, 0.717) is 24.4 Å². The van der Waals surface area contributed by atoms with Gasteiger partial charge in [0.25, 0.3) is 5.91 Å². The van der Waals surface area contributed by atoms with Gasteiger partial charge in [-0.05, 0) is 12.8 Å². The van der Waals surface area contributed by atoms with Crippen LogP contribution in [0.5, 0.6) is 0 Å². The van der Waals surface area contributed by atoms with Gasteiger partial charge in [0.15, 0.2) is 17.2 Å². The molecule has 1 aliphatic rings. The Hall–Kier alpha value is -3.21. The molecule has 1 aromatic heterocycles. The molecule has 1 fully saturated rings. The van der Waals surface area contributed by atoms with E-state index < -0.39 is 0 Å². The average Bonchev–Trinajstić information content (AvgIpc) is 3.24. The highest BCUT2D eigenvalue weighted by atomic mass is 16.5. The van der Waals surface area contributed by atoms with Gasteiger partial charge in [0.2, 0.25) is 0 Å². The zero-order valence-corrected chi connectivity index (χ0v) is 14.9. The molecule has 2 heterocycles. The van der Waals surface area contributed by atoms with Crippen LogP contribution in [0.2, 0.25) is 0 Å². The Balaban J connectivity index is 1.48. The molecule has 0 saturated carbocycles. The van der Waals surface area contributed by atoms with E-state index in [2.05, 4.69) is 5.16 Å². The third-order valence-corrected chi connectivity index (χ3v) is 4.93. The number of Topliss-reactive ketones (excluding diaryl/α,β-unsaturated/α-hetero) is 1. The highest BCUT2D eigenvalue weighted by Crippen LogP contribution is 2.24. The molecule has 1 amide bonds. The van der Waals surface area contributed by atoms with E-state index in [1.807, 2.05) is 60.7 Å². The second kappa shape index (κ2) is 7.58. The van der Waals surface area contributed by atoms with Crippen LogP contribution < -0.4 is 0 Å². The minimum atomic E-state index is -0.188. The molecule has 0 radical (unpaired) electrons. The van der Waals surface area contributed by atoms with Crippen LogP contribution in [0.4, 0.5) is 0 Å². The second-order valence-corrected chi connectivity index (χ2v) is 6.76. The summed E-state index contributed by atoms with van der Waals surface area (Å²) < 4.78 is 5.34. The Morgan fingerprint density at radius 2 is 1.70 bits per heavy atom. The molecule has 0 bridgehead atoms. The first-order valence-corrected chi connectivity index (χ1v) is 9.13. The SMILES string of the molecule is O=C(c1ccccc1)C1CCCN(C(=O)c2cc(-c3ccccc3)on2)C1. The molecule has 0 aliphatic carbocycles. The van der Waals surface area contributed by atoms with Crippen molar-refractivity contribution in [3.63, 3.8) is 0 Å². The number of nitrogens with zero attached hydrogens (tertiary/aromatic N) is 2. The fourth-order valence-corrected chi connectivity index (χ4v) is 3.49. The predicted octanol–water partition coefficient (Wildman–Crippen LogP) is 4.08. The van der Waals surface area contributed by atoms with Gasteiger partial charge in [0, 0.05) is 36.2 Å². The van der Waals surface area contributed by atoms with Crippen LogP contribution in [0.25, 0.3) is 11.3 Å². The van der Waals surface area contributed by atoms with Crippen LogP contribution >= 0.6 is 0 Å². The van der Waals surface area contributed by atoms with Gasteiger partial charge in [-0.25, -0.2) is 0 Å². The maximum atomic E-state index is 12.8. The number of carbonyl (C=O) groups excluding carboxylic acids is 2. The number of benzene rings is 2. The molecule has 0 spiro atoms. The van der Waals surface area contributed by atoms with E-state index in [-0.39, 0.29) is 23.3 Å². The zero-order valence-electron chi connectivity index (χ0n) is 14.9. The highest BCUT2D eigenvalue weighted by molar-refractivity contribution is 5.99. The fraction of sp³-hybridized carbons (Fsp3) is 0.227. The number of ketones is 1. The van der Waals surface area contributed by atoms with Gasteiger partial charge in [0.05, 0.1) is 0 Å². The van der Waals surface area contributed by atoms with Crippen LogP contribution in [0, 0.1) is 5.92 Å². The molecule has 5 heteroatoms. The summed E-state index contributed by atoms with van der Waals surface area (Å²) in [5.74, 6) is 0.295. The molecular weight excluding hydrogens is 340 g/mol. The fourth-order valence-electron chi connectivity index (χ4n) is 3.49. The number of likely N-dealkylation sites (tertiary alicyclic amines) is 1. The van der Waals surface area contributed by atoms with Gasteiger partial charge in [-0.15, -0.1) is 0 Å². The Morgan fingerprint density at radius 3 is 2.44 bits per heavy atom. The topological polar surface area (TPSA) is 63.4 Å². The second-order valence-electron chi connectivity index (χ2n) is 6.76. The third-order valence-electron chi connectivity index (χ3n) is 4.93. The Kier molecular flexibility index (Phi) is 4.83. The van der Waals surface area contributed by atoms with Crippen molar-refractivity contribution in [1.82, 2.24) is 10.1 Å². The summed E-state index contributed by atoms with van der Waals surface area (Å²) in [6.45, 7) is 1.05. The molecule has 1 aliphatic heterocycles.